The highest BCUT2D eigenvalue weighted by molar-refractivity contribution is 5.92. The first-order valence-electron chi connectivity index (χ1n) is 4.93. The van der Waals surface area contributed by atoms with Gasteiger partial charge in [0.2, 0.25) is 0 Å². The molecule has 78 valence electrons. The van der Waals surface area contributed by atoms with Crippen LogP contribution in [-0.4, -0.2) is 22.2 Å². The molecule has 2 aliphatic rings. The van der Waals surface area contributed by atoms with Crippen molar-refractivity contribution in [3.8, 4) is 0 Å². The van der Waals surface area contributed by atoms with E-state index in [1.54, 1.807) is 6.92 Å². The van der Waals surface area contributed by atoms with Crippen LogP contribution >= 0.6 is 0 Å². The minimum atomic E-state index is -0.961. The zero-order valence-electron chi connectivity index (χ0n) is 8.12. The van der Waals surface area contributed by atoms with Crippen LogP contribution in [0, 0.1) is 16.7 Å². The molecule has 1 unspecified atom stereocenters. The second-order valence-electron chi connectivity index (χ2n) is 4.67. The molecule has 0 aromatic heterocycles. The highest BCUT2D eigenvalue weighted by atomic mass is 16.4. The minimum absolute atomic E-state index is 0.497. The number of hydrogen-bond donors (Lipinski definition) is 2. The molecular weight excluding hydrogens is 184 g/mol. The lowest BCUT2D eigenvalue weighted by atomic mass is 9.81. The van der Waals surface area contributed by atoms with Crippen LogP contribution in [0.5, 0.6) is 0 Å². The molecule has 0 aliphatic heterocycles. The molecule has 2 aliphatic carbocycles. The zero-order valence-corrected chi connectivity index (χ0v) is 8.12. The number of carboxylic acids is 2. The molecule has 0 aromatic carbocycles. The molecule has 3 atom stereocenters. The molecular formula is C10H14O4. The Balaban J connectivity index is 2.38. The lowest BCUT2D eigenvalue weighted by molar-refractivity contribution is -0.150. The first-order chi connectivity index (χ1) is 6.47. The SMILES string of the molecule is CC12CCCC[C@@]1(C(=O)O)[C@@H]2C(=O)O. The molecule has 2 fully saturated rings. The summed E-state index contributed by atoms with van der Waals surface area (Å²) >= 11 is 0. The summed E-state index contributed by atoms with van der Waals surface area (Å²) in [4.78, 5) is 22.2. The van der Waals surface area contributed by atoms with Gasteiger partial charge in [-0.15, -0.1) is 0 Å². The van der Waals surface area contributed by atoms with Crippen molar-refractivity contribution in [3.05, 3.63) is 0 Å². The van der Waals surface area contributed by atoms with Crippen molar-refractivity contribution in [2.24, 2.45) is 16.7 Å². The third-order valence-corrected chi connectivity index (χ3v) is 4.21. The molecule has 4 heteroatoms. The molecule has 0 radical (unpaired) electrons. The van der Waals surface area contributed by atoms with Crippen LogP contribution in [-0.2, 0) is 9.59 Å². The number of hydrogen-bond acceptors (Lipinski definition) is 2. The van der Waals surface area contributed by atoms with Crippen molar-refractivity contribution in [2.45, 2.75) is 32.6 Å². The quantitative estimate of drug-likeness (QED) is 0.702. The lowest BCUT2D eigenvalue weighted by Gasteiger charge is -2.23. The molecule has 2 N–H and O–H groups in total. The van der Waals surface area contributed by atoms with Crippen molar-refractivity contribution in [3.63, 3.8) is 0 Å². The molecule has 0 heterocycles. The van der Waals surface area contributed by atoms with Gasteiger partial charge in [-0.2, -0.15) is 0 Å². The Morgan fingerprint density at radius 2 is 1.79 bits per heavy atom. The summed E-state index contributed by atoms with van der Waals surface area (Å²) in [5, 5.41) is 18.2. The van der Waals surface area contributed by atoms with E-state index in [0.717, 1.165) is 19.3 Å². The molecule has 0 spiro atoms. The van der Waals surface area contributed by atoms with Crippen molar-refractivity contribution >= 4 is 11.9 Å². The molecule has 4 nitrogen and oxygen atoms in total. The van der Waals surface area contributed by atoms with E-state index in [-0.39, 0.29) is 0 Å². The van der Waals surface area contributed by atoms with E-state index in [1.165, 1.54) is 0 Å². The van der Waals surface area contributed by atoms with Crippen molar-refractivity contribution in [2.75, 3.05) is 0 Å². The summed E-state index contributed by atoms with van der Waals surface area (Å²) in [6.07, 6.45) is 3.05. The summed E-state index contributed by atoms with van der Waals surface area (Å²) < 4.78 is 0. The molecule has 0 saturated heterocycles. The number of carboxylic acid groups (broad SMARTS) is 2. The van der Waals surface area contributed by atoms with Gasteiger partial charge in [0.05, 0.1) is 11.3 Å². The summed E-state index contributed by atoms with van der Waals surface area (Å²) in [7, 11) is 0. The van der Waals surface area contributed by atoms with E-state index in [0.29, 0.717) is 6.42 Å². The van der Waals surface area contributed by atoms with Gasteiger partial charge >= 0.3 is 11.9 Å². The maximum Gasteiger partial charge on any atom is 0.311 e. The van der Waals surface area contributed by atoms with Crippen molar-refractivity contribution in [1.29, 1.82) is 0 Å². The van der Waals surface area contributed by atoms with E-state index >= 15 is 0 Å². The first-order valence-corrected chi connectivity index (χ1v) is 4.93. The predicted octanol–water partition coefficient (Wildman–Crippen LogP) is 1.35. The van der Waals surface area contributed by atoms with Crippen molar-refractivity contribution < 1.29 is 19.8 Å². The highest BCUT2D eigenvalue weighted by Crippen LogP contribution is 2.75. The van der Waals surface area contributed by atoms with Gasteiger partial charge in [0, 0.05) is 0 Å². The van der Waals surface area contributed by atoms with Gasteiger partial charge in [-0.25, -0.2) is 0 Å². The zero-order chi connectivity index (χ0) is 10.6. The van der Waals surface area contributed by atoms with E-state index in [2.05, 4.69) is 0 Å². The van der Waals surface area contributed by atoms with Crippen LogP contribution in [0.15, 0.2) is 0 Å². The van der Waals surface area contributed by atoms with Crippen LogP contribution < -0.4 is 0 Å². The summed E-state index contributed by atoms with van der Waals surface area (Å²) in [5.41, 5.74) is -1.46. The standard InChI is InChI=1S/C10H14O4/c1-9-4-2-3-5-10(9,8(13)14)6(9)7(11)12/h6H,2-5H2,1H3,(H,11,12)(H,13,14)/t6-,9?,10+/m1/s1. The smallest absolute Gasteiger partial charge is 0.311 e. The van der Waals surface area contributed by atoms with Gasteiger partial charge < -0.3 is 10.2 Å². The lowest BCUT2D eigenvalue weighted by Crippen LogP contribution is -2.26. The third-order valence-electron chi connectivity index (χ3n) is 4.21. The Hall–Kier alpha value is -1.06. The highest BCUT2D eigenvalue weighted by Gasteiger charge is 2.81. The monoisotopic (exact) mass is 198 g/mol. The van der Waals surface area contributed by atoms with Crippen LogP contribution in [0.25, 0.3) is 0 Å². The Morgan fingerprint density at radius 1 is 1.21 bits per heavy atom. The van der Waals surface area contributed by atoms with Crippen LogP contribution in [0.4, 0.5) is 0 Å². The Labute approximate surface area is 81.9 Å². The fraction of sp³-hybridized carbons (Fsp3) is 0.800. The average Bonchev–Trinajstić information content (AvgIpc) is 2.66. The van der Waals surface area contributed by atoms with Crippen LogP contribution in [0.2, 0.25) is 0 Å². The topological polar surface area (TPSA) is 74.6 Å². The predicted molar refractivity (Wildman–Crippen MR) is 47.8 cm³/mol. The second kappa shape index (κ2) is 2.49. The number of aliphatic carboxylic acids is 2. The molecule has 0 bridgehead atoms. The molecule has 0 aromatic rings. The Bertz CT molecular complexity index is 311. The fourth-order valence-corrected chi connectivity index (χ4v) is 3.41. The molecule has 14 heavy (non-hydrogen) atoms. The Kier molecular flexibility index (Phi) is 1.69. The Morgan fingerprint density at radius 3 is 2.21 bits per heavy atom. The second-order valence-corrected chi connectivity index (χ2v) is 4.67. The van der Waals surface area contributed by atoms with Gasteiger partial charge in [-0.05, 0) is 18.3 Å². The number of fused-ring (bicyclic) bond motifs is 1. The number of carbonyl (C=O) groups is 2. The normalized spacial score (nSPS) is 45.4. The third kappa shape index (κ3) is 0.792. The van der Waals surface area contributed by atoms with Crippen molar-refractivity contribution in [1.82, 2.24) is 0 Å². The average molecular weight is 198 g/mol. The van der Waals surface area contributed by atoms with Gasteiger partial charge in [-0.1, -0.05) is 19.8 Å². The van der Waals surface area contributed by atoms with E-state index in [9.17, 15) is 9.59 Å². The number of rotatable bonds is 2. The van der Waals surface area contributed by atoms with Crippen LogP contribution in [0.1, 0.15) is 32.6 Å². The van der Waals surface area contributed by atoms with Gasteiger partial charge in [0.25, 0.3) is 0 Å². The summed E-state index contributed by atoms with van der Waals surface area (Å²) in [5.74, 6) is -2.54. The summed E-state index contributed by atoms with van der Waals surface area (Å²) in [6.45, 7) is 1.80. The van der Waals surface area contributed by atoms with Gasteiger partial charge in [-0.3, -0.25) is 9.59 Å². The van der Waals surface area contributed by atoms with Gasteiger partial charge in [0.15, 0.2) is 0 Å². The maximum absolute atomic E-state index is 11.2. The van der Waals surface area contributed by atoms with Crippen LogP contribution in [0.3, 0.4) is 0 Å². The van der Waals surface area contributed by atoms with E-state index < -0.39 is 28.7 Å². The minimum Gasteiger partial charge on any atom is -0.481 e. The van der Waals surface area contributed by atoms with E-state index in [1.807, 2.05) is 0 Å². The fourth-order valence-electron chi connectivity index (χ4n) is 3.41. The molecule has 2 saturated carbocycles. The summed E-state index contributed by atoms with van der Waals surface area (Å²) in [6, 6.07) is 0. The molecule has 2 rings (SSSR count). The van der Waals surface area contributed by atoms with E-state index in [4.69, 9.17) is 10.2 Å². The van der Waals surface area contributed by atoms with Gasteiger partial charge in [0.1, 0.15) is 0 Å². The largest absolute Gasteiger partial charge is 0.481 e. The molecule has 0 amide bonds. The first kappa shape index (κ1) is 9.49. The maximum atomic E-state index is 11.2.